The molecule has 5 heteroatoms. The second-order valence-electron chi connectivity index (χ2n) is 6.04. The summed E-state index contributed by atoms with van der Waals surface area (Å²) in [6.07, 6.45) is 4.96. The van der Waals surface area contributed by atoms with E-state index in [2.05, 4.69) is 40.8 Å². The largest absolute Gasteiger partial charge is 0.439 e. The maximum absolute atomic E-state index is 12.1. The van der Waals surface area contributed by atoms with Crippen molar-refractivity contribution in [3.63, 3.8) is 0 Å². The number of amides is 1. The Labute approximate surface area is 164 Å². The Morgan fingerprint density at radius 1 is 1.04 bits per heavy atom. The summed E-state index contributed by atoms with van der Waals surface area (Å²) in [7, 11) is 0. The average molecular weight is 378 g/mol. The predicted molar refractivity (Wildman–Crippen MR) is 109 cm³/mol. The first kappa shape index (κ1) is 19.0. The van der Waals surface area contributed by atoms with Gasteiger partial charge in [-0.25, -0.2) is 4.98 Å². The molecule has 0 saturated carbocycles. The van der Waals surface area contributed by atoms with E-state index in [4.69, 9.17) is 4.74 Å². The van der Waals surface area contributed by atoms with Crippen molar-refractivity contribution in [2.75, 3.05) is 6.26 Å². The first-order chi connectivity index (χ1) is 13.2. The number of pyridine rings is 1. The fourth-order valence-electron chi connectivity index (χ4n) is 2.59. The lowest BCUT2D eigenvalue weighted by atomic mass is 10.1. The lowest BCUT2D eigenvalue weighted by molar-refractivity contribution is -0.121. The summed E-state index contributed by atoms with van der Waals surface area (Å²) in [4.78, 5) is 17.5. The molecular weight excluding hydrogens is 356 g/mol. The SMILES string of the molecule is CSc1ccc(CCC(=O)NCc2cccc(Oc3ccccn3)c2)cc1. The smallest absolute Gasteiger partial charge is 0.220 e. The van der Waals surface area contributed by atoms with Crippen LogP contribution in [0.15, 0.2) is 77.8 Å². The lowest BCUT2D eigenvalue weighted by Gasteiger charge is -2.08. The monoisotopic (exact) mass is 378 g/mol. The molecule has 0 spiro atoms. The molecule has 0 aliphatic carbocycles. The number of aryl methyl sites for hydroxylation is 1. The van der Waals surface area contributed by atoms with Gasteiger partial charge in [0.25, 0.3) is 0 Å². The minimum absolute atomic E-state index is 0.0417. The topological polar surface area (TPSA) is 51.2 Å². The molecule has 0 unspecified atom stereocenters. The number of hydrogen-bond acceptors (Lipinski definition) is 4. The number of nitrogens with zero attached hydrogens (tertiary/aromatic N) is 1. The number of benzene rings is 2. The second-order valence-corrected chi connectivity index (χ2v) is 6.92. The van der Waals surface area contributed by atoms with Gasteiger partial charge >= 0.3 is 0 Å². The lowest BCUT2D eigenvalue weighted by Crippen LogP contribution is -2.22. The number of rotatable bonds is 8. The number of carbonyl (C=O) groups excluding carboxylic acids is 1. The molecule has 0 atom stereocenters. The van der Waals surface area contributed by atoms with Crippen LogP contribution in [0, 0.1) is 0 Å². The van der Waals surface area contributed by atoms with Crippen molar-refractivity contribution >= 4 is 17.7 Å². The van der Waals surface area contributed by atoms with Gasteiger partial charge in [0.15, 0.2) is 0 Å². The predicted octanol–water partition coefficient (Wildman–Crippen LogP) is 4.84. The molecular formula is C22H22N2O2S. The maximum atomic E-state index is 12.1. The number of aromatic nitrogens is 1. The highest BCUT2D eigenvalue weighted by atomic mass is 32.2. The summed E-state index contributed by atoms with van der Waals surface area (Å²) >= 11 is 1.72. The Bertz CT molecular complexity index is 867. The third-order valence-electron chi connectivity index (χ3n) is 4.05. The fraction of sp³-hybridized carbons (Fsp3) is 0.182. The van der Waals surface area contributed by atoms with Crippen LogP contribution in [0.2, 0.25) is 0 Å². The van der Waals surface area contributed by atoms with Gasteiger partial charge in [0, 0.05) is 30.1 Å². The van der Waals surface area contributed by atoms with E-state index in [9.17, 15) is 4.79 Å². The first-order valence-electron chi connectivity index (χ1n) is 8.80. The molecule has 1 N–H and O–H groups in total. The van der Waals surface area contributed by atoms with Crippen molar-refractivity contribution < 1.29 is 9.53 Å². The number of nitrogens with one attached hydrogen (secondary N) is 1. The van der Waals surface area contributed by atoms with E-state index in [-0.39, 0.29) is 5.91 Å². The molecule has 0 bridgehead atoms. The Morgan fingerprint density at radius 3 is 2.63 bits per heavy atom. The molecule has 0 aliphatic rings. The minimum Gasteiger partial charge on any atom is -0.439 e. The normalized spacial score (nSPS) is 10.4. The molecule has 3 aromatic rings. The standard InChI is InChI=1S/C22H22N2O2S/c1-27-20-11-8-17(9-12-20)10-13-21(25)24-16-18-5-4-6-19(15-18)26-22-7-2-3-14-23-22/h2-9,11-12,14-15H,10,13,16H2,1H3,(H,24,25). The Balaban J connectivity index is 1.47. The van der Waals surface area contributed by atoms with Crippen molar-refractivity contribution in [1.29, 1.82) is 0 Å². The van der Waals surface area contributed by atoms with E-state index in [0.29, 0.717) is 24.6 Å². The minimum atomic E-state index is 0.0417. The number of thioether (sulfide) groups is 1. The van der Waals surface area contributed by atoms with Gasteiger partial charge in [-0.3, -0.25) is 4.79 Å². The zero-order chi connectivity index (χ0) is 18.9. The van der Waals surface area contributed by atoms with Crippen LogP contribution in [0.1, 0.15) is 17.5 Å². The van der Waals surface area contributed by atoms with Crippen LogP contribution in [-0.2, 0) is 17.8 Å². The Hall–Kier alpha value is -2.79. The molecule has 2 aromatic carbocycles. The van der Waals surface area contributed by atoms with Crippen molar-refractivity contribution in [1.82, 2.24) is 10.3 Å². The molecule has 0 saturated heterocycles. The third-order valence-corrected chi connectivity index (χ3v) is 4.79. The summed E-state index contributed by atoms with van der Waals surface area (Å²) in [5.41, 5.74) is 2.16. The first-order valence-corrected chi connectivity index (χ1v) is 10.0. The van der Waals surface area contributed by atoms with Crippen LogP contribution in [-0.4, -0.2) is 17.1 Å². The quantitative estimate of drug-likeness (QED) is 0.570. The van der Waals surface area contributed by atoms with Crippen molar-refractivity contribution in [3.05, 3.63) is 84.1 Å². The summed E-state index contributed by atoms with van der Waals surface area (Å²) in [6.45, 7) is 0.476. The average Bonchev–Trinajstić information content (AvgIpc) is 2.72. The van der Waals surface area contributed by atoms with Gasteiger partial charge in [-0.1, -0.05) is 30.3 Å². The molecule has 4 nitrogen and oxygen atoms in total. The van der Waals surface area contributed by atoms with Gasteiger partial charge < -0.3 is 10.1 Å². The molecule has 0 radical (unpaired) electrons. The van der Waals surface area contributed by atoms with Crippen molar-refractivity contribution in [2.24, 2.45) is 0 Å². The molecule has 0 aliphatic heterocycles. The summed E-state index contributed by atoms with van der Waals surface area (Å²) in [5, 5.41) is 2.97. The van der Waals surface area contributed by atoms with Crippen molar-refractivity contribution in [2.45, 2.75) is 24.3 Å². The third kappa shape index (κ3) is 6.15. The van der Waals surface area contributed by atoms with Gasteiger partial charge in [-0.2, -0.15) is 0 Å². The van der Waals surface area contributed by atoms with E-state index < -0.39 is 0 Å². The molecule has 27 heavy (non-hydrogen) atoms. The highest BCUT2D eigenvalue weighted by molar-refractivity contribution is 7.98. The summed E-state index contributed by atoms with van der Waals surface area (Å²) in [5.74, 6) is 1.29. The number of hydrogen-bond donors (Lipinski definition) is 1. The Kier molecular flexibility index (Phi) is 6.88. The van der Waals surface area contributed by atoms with Gasteiger partial charge in [0.05, 0.1) is 0 Å². The molecule has 0 fully saturated rings. The van der Waals surface area contributed by atoms with Gasteiger partial charge in [0.1, 0.15) is 5.75 Å². The van der Waals surface area contributed by atoms with Gasteiger partial charge in [-0.15, -0.1) is 11.8 Å². The number of carbonyl (C=O) groups is 1. The summed E-state index contributed by atoms with van der Waals surface area (Å²) < 4.78 is 5.72. The molecule has 138 valence electrons. The van der Waals surface area contributed by atoms with Crippen LogP contribution in [0.5, 0.6) is 11.6 Å². The Morgan fingerprint density at radius 2 is 1.89 bits per heavy atom. The molecule has 1 heterocycles. The van der Waals surface area contributed by atoms with Crippen LogP contribution in [0.25, 0.3) is 0 Å². The van der Waals surface area contributed by atoms with E-state index in [0.717, 1.165) is 12.0 Å². The van der Waals surface area contributed by atoms with Crippen molar-refractivity contribution in [3.8, 4) is 11.6 Å². The van der Waals surface area contributed by atoms with E-state index in [1.807, 2.05) is 36.4 Å². The second kappa shape index (κ2) is 9.78. The molecule has 1 amide bonds. The van der Waals surface area contributed by atoms with E-state index in [1.165, 1.54) is 10.5 Å². The van der Waals surface area contributed by atoms with Gasteiger partial charge in [0.2, 0.25) is 11.8 Å². The van der Waals surface area contributed by atoms with Crippen LogP contribution in [0.3, 0.4) is 0 Å². The van der Waals surface area contributed by atoms with Gasteiger partial charge in [-0.05, 0) is 54.1 Å². The zero-order valence-corrected chi connectivity index (χ0v) is 16.0. The zero-order valence-electron chi connectivity index (χ0n) is 15.2. The van der Waals surface area contributed by atoms with Crippen LogP contribution < -0.4 is 10.1 Å². The molecule has 1 aromatic heterocycles. The highest BCUT2D eigenvalue weighted by Gasteiger charge is 2.04. The fourth-order valence-corrected chi connectivity index (χ4v) is 2.99. The number of ether oxygens (including phenoxy) is 1. The molecule has 3 rings (SSSR count). The van der Waals surface area contributed by atoms with Crippen LogP contribution >= 0.6 is 11.8 Å². The van der Waals surface area contributed by atoms with E-state index in [1.54, 1.807) is 24.0 Å². The highest BCUT2D eigenvalue weighted by Crippen LogP contribution is 2.20. The maximum Gasteiger partial charge on any atom is 0.220 e. The van der Waals surface area contributed by atoms with E-state index >= 15 is 0 Å². The summed E-state index contributed by atoms with van der Waals surface area (Å²) in [6, 6.07) is 21.5. The van der Waals surface area contributed by atoms with Crippen LogP contribution in [0.4, 0.5) is 0 Å².